The van der Waals surface area contributed by atoms with Gasteiger partial charge in [-0.15, -0.1) is 0 Å². The Labute approximate surface area is 170 Å². The fourth-order valence-corrected chi connectivity index (χ4v) is 3.45. The lowest BCUT2D eigenvalue weighted by Crippen LogP contribution is -2.38. The molecule has 0 aliphatic carbocycles. The van der Waals surface area contributed by atoms with Crippen molar-refractivity contribution in [3.8, 4) is 0 Å². The number of halogens is 1. The van der Waals surface area contributed by atoms with Crippen LogP contribution >= 0.6 is 11.6 Å². The average Bonchev–Trinajstić information content (AvgIpc) is 2.69. The molecule has 1 aliphatic rings. The van der Waals surface area contributed by atoms with E-state index in [1.54, 1.807) is 6.33 Å². The zero-order chi connectivity index (χ0) is 19.8. The topological polar surface area (TPSA) is 79.4 Å². The first-order chi connectivity index (χ1) is 13.6. The minimum absolute atomic E-state index is 0.194. The number of benzene rings is 1. The summed E-state index contributed by atoms with van der Waals surface area (Å²) in [6, 6.07) is 9.50. The zero-order valence-electron chi connectivity index (χ0n) is 16.0. The highest BCUT2D eigenvalue weighted by Gasteiger charge is 2.20. The predicted octanol–water partition coefficient (Wildman–Crippen LogP) is 3.24. The van der Waals surface area contributed by atoms with Crippen molar-refractivity contribution in [2.24, 2.45) is 5.92 Å². The van der Waals surface area contributed by atoms with E-state index in [9.17, 15) is 4.79 Å². The fourth-order valence-electron chi connectivity index (χ4n) is 3.26. The summed E-state index contributed by atoms with van der Waals surface area (Å²) in [5.41, 5.74) is 0.892. The normalized spacial score (nSPS) is 14.7. The maximum Gasteiger partial charge on any atom is 0.319 e. The number of nitrogens with zero attached hydrogens (tertiary/aromatic N) is 3. The predicted molar refractivity (Wildman–Crippen MR) is 111 cm³/mol. The Hall–Kier alpha value is -2.38. The van der Waals surface area contributed by atoms with E-state index in [0.717, 1.165) is 49.8 Å². The van der Waals surface area contributed by atoms with Crippen LogP contribution in [0.4, 0.5) is 17.3 Å². The lowest BCUT2D eigenvalue weighted by Gasteiger charge is -2.33. The third kappa shape index (κ3) is 6.07. The maximum absolute atomic E-state index is 11.4. The summed E-state index contributed by atoms with van der Waals surface area (Å²) in [5.74, 6) is 2.01. The van der Waals surface area contributed by atoms with Gasteiger partial charge in [0.1, 0.15) is 18.0 Å². The van der Waals surface area contributed by atoms with Gasteiger partial charge < -0.3 is 20.3 Å². The summed E-state index contributed by atoms with van der Waals surface area (Å²) >= 11 is 6.04. The minimum Gasteiger partial charge on any atom is -0.465 e. The monoisotopic (exact) mass is 403 g/mol. The number of anilines is 3. The zero-order valence-corrected chi connectivity index (χ0v) is 16.8. The lowest BCUT2D eigenvalue weighted by atomic mass is 9.97. The number of aromatic nitrogens is 2. The lowest BCUT2D eigenvalue weighted by molar-refractivity contribution is -0.142. The molecule has 1 aliphatic heterocycles. The van der Waals surface area contributed by atoms with Crippen molar-refractivity contribution < 1.29 is 9.53 Å². The van der Waals surface area contributed by atoms with Gasteiger partial charge in [0.25, 0.3) is 0 Å². The molecule has 1 aromatic heterocycles. The summed E-state index contributed by atoms with van der Waals surface area (Å²) in [5, 5.41) is 7.14. The second kappa shape index (κ2) is 10.2. The second-order valence-electron chi connectivity index (χ2n) is 6.76. The molecule has 3 rings (SSSR count). The van der Waals surface area contributed by atoms with Crippen molar-refractivity contribution in [1.82, 2.24) is 15.3 Å². The van der Waals surface area contributed by atoms with Gasteiger partial charge in [-0.05, 0) is 50.4 Å². The molecule has 0 atom stereocenters. The first-order valence-electron chi connectivity index (χ1n) is 9.60. The van der Waals surface area contributed by atoms with Crippen LogP contribution in [0.1, 0.15) is 19.8 Å². The molecule has 0 unspecified atom stereocenters. The van der Waals surface area contributed by atoms with Crippen LogP contribution in [-0.4, -0.2) is 48.7 Å². The quantitative estimate of drug-likeness (QED) is 0.655. The molecule has 1 aromatic carbocycles. The van der Waals surface area contributed by atoms with Gasteiger partial charge in [0.05, 0.1) is 13.2 Å². The van der Waals surface area contributed by atoms with Crippen LogP contribution in [0.15, 0.2) is 36.7 Å². The molecule has 1 fully saturated rings. The van der Waals surface area contributed by atoms with Gasteiger partial charge in [-0.2, -0.15) is 0 Å². The van der Waals surface area contributed by atoms with Gasteiger partial charge in [0.15, 0.2) is 0 Å². The first kappa shape index (κ1) is 20.4. The SMILES string of the molecule is CCOC(=O)CNCC1CCN(c2cc(Nc3cccc(Cl)c3)ncn2)CC1. The van der Waals surface area contributed by atoms with Crippen molar-refractivity contribution in [2.45, 2.75) is 19.8 Å². The van der Waals surface area contributed by atoms with Crippen molar-refractivity contribution in [2.75, 3.05) is 43.0 Å². The standard InChI is InChI=1S/C20H26ClN5O2/c1-2-28-20(27)13-22-12-15-6-8-26(9-7-15)19-11-18(23-14-24-19)25-17-5-3-4-16(21)10-17/h3-5,10-11,14-15,22H,2,6-9,12-13H2,1H3,(H,23,24,25). The largest absolute Gasteiger partial charge is 0.465 e. The molecule has 0 spiro atoms. The van der Waals surface area contributed by atoms with Crippen LogP contribution in [0, 0.1) is 5.92 Å². The Kier molecular flexibility index (Phi) is 7.45. The molecule has 28 heavy (non-hydrogen) atoms. The van der Waals surface area contributed by atoms with Crippen molar-refractivity contribution in [3.63, 3.8) is 0 Å². The third-order valence-electron chi connectivity index (χ3n) is 4.70. The summed E-state index contributed by atoms with van der Waals surface area (Å²) in [7, 11) is 0. The van der Waals surface area contributed by atoms with E-state index >= 15 is 0 Å². The molecule has 0 saturated carbocycles. The highest BCUT2D eigenvalue weighted by atomic mass is 35.5. The fraction of sp³-hybridized carbons (Fsp3) is 0.450. The number of hydrogen-bond acceptors (Lipinski definition) is 7. The van der Waals surface area contributed by atoms with E-state index in [1.807, 2.05) is 37.3 Å². The van der Waals surface area contributed by atoms with Gasteiger partial charge in [0.2, 0.25) is 0 Å². The molecule has 8 heteroatoms. The molecule has 1 saturated heterocycles. The number of ether oxygens (including phenoxy) is 1. The Balaban J connectivity index is 1.48. The molecule has 7 nitrogen and oxygen atoms in total. The van der Waals surface area contributed by atoms with E-state index in [-0.39, 0.29) is 12.5 Å². The number of piperidine rings is 1. The number of carbonyl (C=O) groups excluding carboxylic acids is 1. The van der Waals surface area contributed by atoms with Crippen molar-refractivity contribution in [3.05, 3.63) is 41.7 Å². The summed E-state index contributed by atoms with van der Waals surface area (Å²) in [6.45, 7) is 5.21. The van der Waals surface area contributed by atoms with Gasteiger partial charge in [-0.1, -0.05) is 17.7 Å². The highest BCUT2D eigenvalue weighted by Crippen LogP contribution is 2.24. The van der Waals surface area contributed by atoms with Crippen molar-refractivity contribution in [1.29, 1.82) is 0 Å². The summed E-state index contributed by atoms with van der Waals surface area (Å²) < 4.78 is 4.93. The van der Waals surface area contributed by atoms with Gasteiger partial charge in [-0.25, -0.2) is 9.97 Å². The molecule has 0 amide bonds. The molecule has 2 N–H and O–H groups in total. The molecule has 0 bridgehead atoms. The van der Waals surface area contributed by atoms with E-state index in [4.69, 9.17) is 16.3 Å². The van der Waals surface area contributed by atoms with E-state index in [1.165, 1.54) is 0 Å². The van der Waals surface area contributed by atoms with E-state index < -0.39 is 0 Å². The van der Waals surface area contributed by atoms with E-state index in [0.29, 0.717) is 17.5 Å². The van der Waals surface area contributed by atoms with Gasteiger partial charge in [0, 0.05) is 29.9 Å². The van der Waals surface area contributed by atoms with Crippen molar-refractivity contribution >= 4 is 34.9 Å². The van der Waals surface area contributed by atoms with Crippen LogP contribution in [0.5, 0.6) is 0 Å². The number of nitrogens with one attached hydrogen (secondary N) is 2. The number of hydrogen-bond donors (Lipinski definition) is 2. The second-order valence-corrected chi connectivity index (χ2v) is 7.20. The molecular weight excluding hydrogens is 378 g/mol. The Morgan fingerprint density at radius 2 is 2.11 bits per heavy atom. The highest BCUT2D eigenvalue weighted by molar-refractivity contribution is 6.30. The van der Waals surface area contributed by atoms with Crippen LogP contribution in [0.3, 0.4) is 0 Å². The van der Waals surface area contributed by atoms with Crippen LogP contribution < -0.4 is 15.5 Å². The Bertz CT molecular complexity index is 781. The summed E-state index contributed by atoms with van der Waals surface area (Å²) in [6.07, 6.45) is 3.68. The average molecular weight is 404 g/mol. The third-order valence-corrected chi connectivity index (χ3v) is 4.93. The van der Waals surface area contributed by atoms with Gasteiger partial charge in [-0.3, -0.25) is 4.79 Å². The molecule has 150 valence electrons. The minimum atomic E-state index is -0.194. The van der Waals surface area contributed by atoms with Crippen LogP contribution in [-0.2, 0) is 9.53 Å². The smallest absolute Gasteiger partial charge is 0.319 e. The summed E-state index contributed by atoms with van der Waals surface area (Å²) in [4.78, 5) is 22.4. The molecule has 2 heterocycles. The Morgan fingerprint density at radius 3 is 2.86 bits per heavy atom. The van der Waals surface area contributed by atoms with Gasteiger partial charge >= 0.3 is 5.97 Å². The number of rotatable bonds is 8. The van der Waals surface area contributed by atoms with Crippen LogP contribution in [0.2, 0.25) is 5.02 Å². The maximum atomic E-state index is 11.4. The Morgan fingerprint density at radius 1 is 1.29 bits per heavy atom. The number of carbonyl (C=O) groups is 1. The van der Waals surface area contributed by atoms with E-state index in [2.05, 4.69) is 25.5 Å². The molecular formula is C20H26ClN5O2. The number of esters is 1. The first-order valence-corrected chi connectivity index (χ1v) is 9.97. The molecule has 0 radical (unpaired) electrons. The van der Waals surface area contributed by atoms with Crippen LogP contribution in [0.25, 0.3) is 0 Å². The molecule has 2 aromatic rings.